The minimum atomic E-state index is 0.240. The zero-order valence-corrected chi connectivity index (χ0v) is 9.92. The Labute approximate surface area is 97.1 Å². The van der Waals surface area contributed by atoms with Gasteiger partial charge in [-0.15, -0.1) is 0 Å². The summed E-state index contributed by atoms with van der Waals surface area (Å²) >= 11 is 3.29. The average Bonchev–Trinajstić information content (AvgIpc) is 2.25. The second-order valence-electron chi connectivity index (χ2n) is 3.42. The van der Waals surface area contributed by atoms with Crippen LogP contribution in [-0.2, 0) is 6.42 Å². The Balaban J connectivity index is 2.30. The van der Waals surface area contributed by atoms with Gasteiger partial charge in [0.1, 0.15) is 5.75 Å². The average molecular weight is 273 g/mol. The first-order valence-corrected chi connectivity index (χ1v) is 6.11. The number of aromatic hydroxyl groups is 1. The van der Waals surface area contributed by atoms with E-state index in [1.807, 2.05) is 0 Å². The SMILES string of the molecule is Oc1cc2c(c(OCCBr)c1)OCCC2. The van der Waals surface area contributed by atoms with Crippen molar-refractivity contribution >= 4 is 15.9 Å². The lowest BCUT2D eigenvalue weighted by Gasteiger charge is -2.20. The van der Waals surface area contributed by atoms with Crippen LogP contribution in [0.3, 0.4) is 0 Å². The summed E-state index contributed by atoms with van der Waals surface area (Å²) in [6.07, 6.45) is 1.93. The predicted molar refractivity (Wildman–Crippen MR) is 61.2 cm³/mol. The van der Waals surface area contributed by atoms with Crippen molar-refractivity contribution < 1.29 is 14.6 Å². The van der Waals surface area contributed by atoms with Gasteiger partial charge < -0.3 is 14.6 Å². The van der Waals surface area contributed by atoms with Crippen molar-refractivity contribution in [2.24, 2.45) is 0 Å². The van der Waals surface area contributed by atoms with Crippen LogP contribution < -0.4 is 9.47 Å². The van der Waals surface area contributed by atoms with Gasteiger partial charge in [-0.25, -0.2) is 0 Å². The van der Waals surface area contributed by atoms with Crippen LogP contribution in [0.15, 0.2) is 12.1 Å². The molecule has 0 radical (unpaired) electrons. The van der Waals surface area contributed by atoms with Gasteiger partial charge in [0.2, 0.25) is 0 Å². The van der Waals surface area contributed by atoms with Crippen molar-refractivity contribution in [1.82, 2.24) is 0 Å². The highest BCUT2D eigenvalue weighted by Gasteiger charge is 2.17. The van der Waals surface area contributed by atoms with E-state index in [2.05, 4.69) is 15.9 Å². The third-order valence-electron chi connectivity index (χ3n) is 2.29. The summed E-state index contributed by atoms with van der Waals surface area (Å²) in [5, 5.41) is 10.3. The molecule has 0 amide bonds. The highest BCUT2D eigenvalue weighted by molar-refractivity contribution is 9.09. The van der Waals surface area contributed by atoms with Crippen LogP contribution in [0.5, 0.6) is 17.2 Å². The maximum atomic E-state index is 9.52. The number of hydrogen-bond donors (Lipinski definition) is 1. The number of rotatable bonds is 3. The third kappa shape index (κ3) is 2.37. The number of hydrogen-bond acceptors (Lipinski definition) is 3. The Bertz CT molecular complexity index is 352. The van der Waals surface area contributed by atoms with E-state index >= 15 is 0 Å². The molecule has 1 aliphatic rings. The number of phenols is 1. The Morgan fingerprint density at radius 1 is 1.47 bits per heavy atom. The lowest BCUT2D eigenvalue weighted by Crippen LogP contribution is -2.10. The molecular weight excluding hydrogens is 260 g/mol. The number of benzene rings is 1. The van der Waals surface area contributed by atoms with Gasteiger partial charge in [-0.2, -0.15) is 0 Å². The minimum Gasteiger partial charge on any atom is -0.508 e. The maximum Gasteiger partial charge on any atom is 0.165 e. The summed E-state index contributed by atoms with van der Waals surface area (Å²) in [5.41, 5.74) is 1.03. The fraction of sp³-hybridized carbons (Fsp3) is 0.455. The van der Waals surface area contributed by atoms with E-state index in [-0.39, 0.29) is 5.75 Å². The van der Waals surface area contributed by atoms with Gasteiger partial charge in [0.05, 0.1) is 13.2 Å². The summed E-state index contributed by atoms with van der Waals surface area (Å²) in [5.74, 6) is 1.67. The molecule has 0 saturated heterocycles. The smallest absolute Gasteiger partial charge is 0.165 e. The standard InChI is InChI=1S/C11H13BrO3/c12-3-5-14-10-7-9(13)6-8-2-1-4-15-11(8)10/h6-7,13H,1-5H2. The van der Waals surface area contributed by atoms with E-state index in [0.29, 0.717) is 12.4 Å². The molecule has 0 saturated carbocycles. The number of alkyl halides is 1. The molecular formula is C11H13BrO3. The molecule has 1 aromatic rings. The molecule has 15 heavy (non-hydrogen) atoms. The first-order chi connectivity index (χ1) is 7.31. The molecule has 1 N–H and O–H groups in total. The van der Waals surface area contributed by atoms with E-state index in [4.69, 9.17) is 9.47 Å². The van der Waals surface area contributed by atoms with E-state index < -0.39 is 0 Å². The second kappa shape index (κ2) is 4.75. The number of phenolic OH excluding ortho intramolecular Hbond substituents is 1. The van der Waals surface area contributed by atoms with Crippen LogP contribution in [0.2, 0.25) is 0 Å². The van der Waals surface area contributed by atoms with Crippen LogP contribution in [0, 0.1) is 0 Å². The van der Waals surface area contributed by atoms with Crippen LogP contribution in [0.1, 0.15) is 12.0 Å². The van der Waals surface area contributed by atoms with Gasteiger partial charge in [-0.1, -0.05) is 15.9 Å². The zero-order chi connectivity index (χ0) is 10.7. The molecule has 0 spiro atoms. The molecule has 2 rings (SSSR count). The van der Waals surface area contributed by atoms with Crippen LogP contribution in [0.25, 0.3) is 0 Å². The highest BCUT2D eigenvalue weighted by atomic mass is 79.9. The Kier molecular flexibility index (Phi) is 3.36. The quantitative estimate of drug-likeness (QED) is 0.860. The summed E-state index contributed by atoms with van der Waals surface area (Å²) in [6.45, 7) is 1.29. The summed E-state index contributed by atoms with van der Waals surface area (Å²) < 4.78 is 11.1. The van der Waals surface area contributed by atoms with E-state index in [9.17, 15) is 5.11 Å². The lowest BCUT2D eigenvalue weighted by molar-refractivity contribution is 0.256. The molecule has 82 valence electrons. The monoisotopic (exact) mass is 272 g/mol. The van der Waals surface area contributed by atoms with Crippen molar-refractivity contribution in [2.75, 3.05) is 18.5 Å². The van der Waals surface area contributed by atoms with Gasteiger partial charge in [0.25, 0.3) is 0 Å². The summed E-state index contributed by atoms with van der Waals surface area (Å²) in [4.78, 5) is 0. The van der Waals surface area contributed by atoms with Gasteiger partial charge in [0, 0.05) is 17.0 Å². The fourth-order valence-corrected chi connectivity index (χ4v) is 1.85. The largest absolute Gasteiger partial charge is 0.508 e. The van der Waals surface area contributed by atoms with Crippen molar-refractivity contribution in [3.05, 3.63) is 17.7 Å². The number of fused-ring (bicyclic) bond motifs is 1. The number of ether oxygens (including phenoxy) is 2. The molecule has 0 atom stereocenters. The maximum absolute atomic E-state index is 9.52. The van der Waals surface area contributed by atoms with Crippen molar-refractivity contribution in [1.29, 1.82) is 0 Å². The summed E-state index contributed by atoms with van der Waals surface area (Å²) in [7, 11) is 0. The zero-order valence-electron chi connectivity index (χ0n) is 8.33. The Morgan fingerprint density at radius 2 is 2.33 bits per heavy atom. The molecule has 1 aromatic carbocycles. The number of halogens is 1. The normalized spacial score (nSPS) is 14.2. The van der Waals surface area contributed by atoms with E-state index in [1.54, 1.807) is 12.1 Å². The molecule has 0 bridgehead atoms. The minimum absolute atomic E-state index is 0.240. The topological polar surface area (TPSA) is 38.7 Å². The Morgan fingerprint density at radius 3 is 3.13 bits per heavy atom. The Hall–Kier alpha value is -0.900. The van der Waals surface area contributed by atoms with E-state index in [0.717, 1.165) is 36.1 Å². The third-order valence-corrected chi connectivity index (χ3v) is 2.61. The van der Waals surface area contributed by atoms with Gasteiger partial charge >= 0.3 is 0 Å². The van der Waals surface area contributed by atoms with Gasteiger partial charge in [-0.3, -0.25) is 0 Å². The van der Waals surface area contributed by atoms with Crippen LogP contribution in [0.4, 0.5) is 0 Å². The lowest BCUT2D eigenvalue weighted by atomic mass is 10.1. The van der Waals surface area contributed by atoms with Crippen LogP contribution in [-0.4, -0.2) is 23.7 Å². The van der Waals surface area contributed by atoms with Gasteiger partial charge in [-0.05, 0) is 18.9 Å². The van der Waals surface area contributed by atoms with E-state index in [1.165, 1.54) is 0 Å². The molecule has 0 aliphatic carbocycles. The van der Waals surface area contributed by atoms with Crippen LogP contribution >= 0.6 is 15.9 Å². The first kappa shape index (κ1) is 10.6. The first-order valence-electron chi connectivity index (χ1n) is 4.98. The number of aryl methyl sites for hydroxylation is 1. The van der Waals surface area contributed by atoms with Gasteiger partial charge in [0.15, 0.2) is 11.5 Å². The molecule has 0 fully saturated rings. The molecule has 1 heterocycles. The van der Waals surface area contributed by atoms with Crippen molar-refractivity contribution in [3.63, 3.8) is 0 Å². The van der Waals surface area contributed by atoms with Crippen molar-refractivity contribution in [3.8, 4) is 17.2 Å². The molecule has 0 aromatic heterocycles. The molecule has 3 nitrogen and oxygen atoms in total. The highest BCUT2D eigenvalue weighted by Crippen LogP contribution is 2.38. The molecule has 1 aliphatic heterocycles. The summed E-state index contributed by atoms with van der Waals surface area (Å²) in [6, 6.07) is 3.35. The predicted octanol–water partition coefficient (Wildman–Crippen LogP) is 2.49. The molecule has 0 unspecified atom stereocenters. The van der Waals surface area contributed by atoms with Crippen molar-refractivity contribution in [2.45, 2.75) is 12.8 Å². The second-order valence-corrected chi connectivity index (χ2v) is 4.21. The molecule has 4 heteroatoms. The fourth-order valence-electron chi connectivity index (χ4n) is 1.69.